The Bertz CT molecular complexity index is 584. The number of allylic oxidation sites excluding steroid dienone is 2. The van der Waals surface area contributed by atoms with Crippen molar-refractivity contribution in [1.82, 2.24) is 4.98 Å². The van der Waals surface area contributed by atoms with Gasteiger partial charge in [-0.2, -0.15) is 0 Å². The highest BCUT2D eigenvalue weighted by atomic mass is 16.5. The van der Waals surface area contributed by atoms with Gasteiger partial charge in [0.05, 0.1) is 12.6 Å². The summed E-state index contributed by atoms with van der Waals surface area (Å²) in [6.07, 6.45) is 3.78. The monoisotopic (exact) mass is 225 g/mol. The minimum atomic E-state index is 0.649. The topological polar surface area (TPSA) is 22.1 Å². The van der Waals surface area contributed by atoms with Crippen molar-refractivity contribution in [1.29, 1.82) is 0 Å². The van der Waals surface area contributed by atoms with E-state index in [-0.39, 0.29) is 0 Å². The van der Waals surface area contributed by atoms with E-state index in [1.54, 1.807) is 7.11 Å². The first-order chi connectivity index (χ1) is 8.20. The Balaban J connectivity index is 2.43. The predicted octanol–water partition coefficient (Wildman–Crippen LogP) is 3.80. The molecule has 1 aromatic carbocycles. The van der Waals surface area contributed by atoms with E-state index in [9.17, 15) is 0 Å². The number of ether oxygens (including phenoxy) is 1. The lowest BCUT2D eigenvalue weighted by Gasteiger charge is -2.04. The molecule has 17 heavy (non-hydrogen) atoms. The number of pyridine rings is 1. The number of fused-ring (bicyclic) bond motifs is 1. The molecule has 2 heteroatoms. The molecule has 2 aromatic rings. The third-order valence-electron chi connectivity index (χ3n) is 2.69. The number of rotatable bonds is 3. The number of aromatic nitrogens is 1. The van der Waals surface area contributed by atoms with Gasteiger partial charge in [-0.1, -0.05) is 24.8 Å². The predicted molar refractivity (Wildman–Crippen MR) is 71.5 cm³/mol. The molecule has 0 bridgehead atoms. The van der Waals surface area contributed by atoms with Crippen LogP contribution in [0.1, 0.15) is 12.5 Å². The quantitative estimate of drug-likeness (QED) is 0.585. The lowest BCUT2D eigenvalue weighted by molar-refractivity contribution is 0.309. The van der Waals surface area contributed by atoms with Gasteiger partial charge in [0.1, 0.15) is 5.76 Å². The van der Waals surface area contributed by atoms with Crippen LogP contribution in [0.3, 0.4) is 0 Å². The molecule has 0 spiro atoms. The van der Waals surface area contributed by atoms with Crippen LogP contribution in [-0.4, -0.2) is 12.1 Å². The van der Waals surface area contributed by atoms with E-state index in [1.807, 2.05) is 37.4 Å². The second kappa shape index (κ2) is 4.83. The summed E-state index contributed by atoms with van der Waals surface area (Å²) in [6, 6.07) is 10.2. The SMILES string of the molecule is C=C(/C=C(\C)c1cnc2ccccc2c1)OC. The molecule has 0 radical (unpaired) electrons. The number of nitrogens with zero attached hydrogens (tertiary/aromatic N) is 1. The number of methoxy groups -OCH3 is 1. The largest absolute Gasteiger partial charge is 0.497 e. The zero-order valence-corrected chi connectivity index (χ0v) is 10.1. The van der Waals surface area contributed by atoms with Gasteiger partial charge in [-0.15, -0.1) is 0 Å². The summed E-state index contributed by atoms with van der Waals surface area (Å²) < 4.78 is 5.04. The second-order valence-electron chi connectivity index (χ2n) is 3.91. The number of benzene rings is 1. The Morgan fingerprint density at radius 2 is 2.12 bits per heavy atom. The van der Waals surface area contributed by atoms with Crippen LogP contribution in [-0.2, 0) is 4.74 Å². The van der Waals surface area contributed by atoms with Crippen LogP contribution in [0, 0.1) is 0 Å². The molecule has 0 unspecified atom stereocenters. The standard InChI is InChI=1S/C15H15NO/c1-11(8-12(2)17-3)14-9-13-6-4-5-7-15(13)16-10-14/h4-10H,2H2,1,3H3/b11-8+. The molecule has 1 heterocycles. The van der Waals surface area contributed by atoms with Crippen molar-refractivity contribution in [3.8, 4) is 0 Å². The van der Waals surface area contributed by atoms with Crippen LogP contribution in [0.15, 0.2) is 54.9 Å². The Labute approximate surface area is 101 Å². The Kier molecular flexibility index (Phi) is 3.24. The maximum absolute atomic E-state index is 5.04. The van der Waals surface area contributed by atoms with Crippen molar-refractivity contribution in [2.24, 2.45) is 0 Å². The average molecular weight is 225 g/mol. The first-order valence-electron chi connectivity index (χ1n) is 5.47. The van der Waals surface area contributed by atoms with E-state index >= 15 is 0 Å². The maximum Gasteiger partial charge on any atom is 0.111 e. The molecule has 2 rings (SSSR count). The molecule has 0 amide bonds. The summed E-state index contributed by atoms with van der Waals surface area (Å²) >= 11 is 0. The zero-order valence-electron chi connectivity index (χ0n) is 10.1. The molecule has 0 saturated carbocycles. The molecule has 0 N–H and O–H groups in total. The van der Waals surface area contributed by atoms with E-state index in [1.165, 1.54) is 0 Å². The van der Waals surface area contributed by atoms with Gasteiger partial charge in [0.25, 0.3) is 0 Å². The van der Waals surface area contributed by atoms with E-state index in [0.29, 0.717) is 5.76 Å². The van der Waals surface area contributed by atoms with Crippen LogP contribution in [0.5, 0.6) is 0 Å². The Morgan fingerprint density at radius 1 is 1.35 bits per heavy atom. The van der Waals surface area contributed by atoms with Crippen LogP contribution in [0.25, 0.3) is 16.5 Å². The third kappa shape index (κ3) is 2.53. The van der Waals surface area contributed by atoms with Crippen molar-refractivity contribution in [3.63, 3.8) is 0 Å². The highest BCUT2D eigenvalue weighted by molar-refractivity contribution is 5.82. The minimum Gasteiger partial charge on any atom is -0.497 e. The second-order valence-corrected chi connectivity index (χ2v) is 3.91. The van der Waals surface area contributed by atoms with Gasteiger partial charge in [-0.25, -0.2) is 0 Å². The van der Waals surface area contributed by atoms with Gasteiger partial charge >= 0.3 is 0 Å². The summed E-state index contributed by atoms with van der Waals surface area (Å²) in [5.74, 6) is 0.649. The van der Waals surface area contributed by atoms with Crippen LogP contribution >= 0.6 is 0 Å². The van der Waals surface area contributed by atoms with Gasteiger partial charge in [0.15, 0.2) is 0 Å². The summed E-state index contributed by atoms with van der Waals surface area (Å²) in [5, 5.41) is 1.14. The molecule has 0 aliphatic carbocycles. The van der Waals surface area contributed by atoms with E-state index in [2.05, 4.69) is 23.7 Å². The molecule has 0 saturated heterocycles. The zero-order chi connectivity index (χ0) is 12.3. The normalized spacial score (nSPS) is 11.5. The average Bonchev–Trinajstić information content (AvgIpc) is 2.38. The van der Waals surface area contributed by atoms with Crippen LogP contribution in [0.4, 0.5) is 0 Å². The first-order valence-corrected chi connectivity index (χ1v) is 5.47. The van der Waals surface area contributed by atoms with Gasteiger partial charge in [0, 0.05) is 11.6 Å². The van der Waals surface area contributed by atoms with Gasteiger partial charge in [0.2, 0.25) is 0 Å². The van der Waals surface area contributed by atoms with Crippen molar-refractivity contribution >= 4 is 16.5 Å². The highest BCUT2D eigenvalue weighted by Gasteiger charge is 2.00. The summed E-state index contributed by atoms with van der Waals surface area (Å²) in [5.41, 5.74) is 3.19. The van der Waals surface area contributed by atoms with Crippen molar-refractivity contribution < 1.29 is 4.74 Å². The van der Waals surface area contributed by atoms with Crippen molar-refractivity contribution in [2.45, 2.75) is 6.92 Å². The summed E-state index contributed by atoms with van der Waals surface area (Å²) in [4.78, 5) is 4.42. The number of para-hydroxylation sites is 1. The van der Waals surface area contributed by atoms with Crippen molar-refractivity contribution in [3.05, 3.63) is 60.5 Å². The van der Waals surface area contributed by atoms with Crippen LogP contribution in [0.2, 0.25) is 0 Å². The van der Waals surface area contributed by atoms with Gasteiger partial charge in [-0.3, -0.25) is 4.98 Å². The minimum absolute atomic E-state index is 0.649. The summed E-state index contributed by atoms with van der Waals surface area (Å²) in [7, 11) is 1.62. The highest BCUT2D eigenvalue weighted by Crippen LogP contribution is 2.19. The Hall–Kier alpha value is -2.09. The first kappa shape index (κ1) is 11.4. The summed E-state index contributed by atoms with van der Waals surface area (Å²) in [6.45, 7) is 5.81. The fraction of sp³-hybridized carbons (Fsp3) is 0.133. The van der Waals surface area contributed by atoms with Crippen molar-refractivity contribution in [2.75, 3.05) is 7.11 Å². The smallest absolute Gasteiger partial charge is 0.111 e. The number of hydrogen-bond acceptors (Lipinski definition) is 2. The molecule has 86 valence electrons. The van der Waals surface area contributed by atoms with Gasteiger partial charge in [-0.05, 0) is 36.3 Å². The maximum atomic E-state index is 5.04. The fourth-order valence-electron chi connectivity index (χ4n) is 1.67. The molecule has 1 aromatic heterocycles. The Morgan fingerprint density at radius 3 is 2.88 bits per heavy atom. The third-order valence-corrected chi connectivity index (χ3v) is 2.69. The van der Waals surface area contributed by atoms with Gasteiger partial charge < -0.3 is 4.74 Å². The molecule has 0 aliphatic heterocycles. The van der Waals surface area contributed by atoms with E-state index < -0.39 is 0 Å². The van der Waals surface area contributed by atoms with E-state index in [4.69, 9.17) is 4.74 Å². The lowest BCUT2D eigenvalue weighted by atomic mass is 10.1. The molecule has 0 fully saturated rings. The lowest BCUT2D eigenvalue weighted by Crippen LogP contribution is -1.86. The number of hydrogen-bond donors (Lipinski definition) is 0. The molecule has 2 nitrogen and oxygen atoms in total. The fourth-order valence-corrected chi connectivity index (χ4v) is 1.67. The molecule has 0 atom stereocenters. The molecular formula is C15H15NO. The molecule has 0 aliphatic rings. The van der Waals surface area contributed by atoms with E-state index in [0.717, 1.165) is 22.0 Å². The molecular weight excluding hydrogens is 210 g/mol. The van der Waals surface area contributed by atoms with Crippen LogP contribution < -0.4 is 0 Å².